The minimum absolute atomic E-state index is 0.0850. The Bertz CT molecular complexity index is 509. The lowest BCUT2D eigenvalue weighted by molar-refractivity contribution is -0.140. The van der Waals surface area contributed by atoms with Gasteiger partial charge in [-0.15, -0.1) is 0 Å². The number of hydrogen-bond donors (Lipinski definition) is 2. The molecule has 11 heteroatoms. The average molecular weight is 323 g/mol. The molecule has 2 N–H and O–H groups in total. The van der Waals surface area contributed by atoms with Crippen LogP contribution < -0.4 is 0 Å². The zero-order valence-corrected chi connectivity index (χ0v) is 12.2. The van der Waals surface area contributed by atoms with Crippen LogP contribution in [0.3, 0.4) is 0 Å². The molecule has 0 radical (unpaired) electrons. The smallest absolute Gasteiger partial charge is 0.323 e. The van der Waals surface area contributed by atoms with E-state index in [2.05, 4.69) is 0 Å². The fraction of sp³-hybridized carbons (Fsp3) is 0.700. The van der Waals surface area contributed by atoms with E-state index in [1.165, 1.54) is 9.21 Å². The maximum absolute atomic E-state index is 12.1. The normalized spacial score (nSPS) is 16.5. The molecule has 120 valence electrons. The Hall–Kier alpha value is -1.88. The fourth-order valence-corrected chi connectivity index (χ4v) is 2.76. The Labute approximate surface area is 121 Å². The third kappa shape index (κ3) is 5.19. The second kappa shape index (κ2) is 6.72. The Morgan fingerprint density at radius 3 is 1.76 bits per heavy atom. The van der Waals surface area contributed by atoms with Gasteiger partial charge in [-0.05, 0) is 0 Å². The molecular weight excluding hydrogens is 306 g/mol. The molecule has 1 fully saturated rings. The highest BCUT2D eigenvalue weighted by Crippen LogP contribution is 2.08. The highest BCUT2D eigenvalue weighted by molar-refractivity contribution is 7.88. The second-order valence-corrected chi connectivity index (χ2v) is 6.56. The van der Waals surface area contributed by atoms with Gasteiger partial charge in [0.25, 0.3) is 0 Å². The van der Waals surface area contributed by atoms with Gasteiger partial charge in [-0.1, -0.05) is 0 Å². The summed E-state index contributed by atoms with van der Waals surface area (Å²) in [6, 6.07) is -0.729. The number of rotatable bonds is 5. The Morgan fingerprint density at radius 2 is 1.43 bits per heavy atom. The number of urea groups is 1. The number of nitrogens with zero attached hydrogens (tertiary/aromatic N) is 3. The molecule has 1 aliphatic heterocycles. The quantitative estimate of drug-likeness (QED) is 0.606. The standard InChI is InChI=1S/C10H17N3O7S/c1-21(19,20)13-4-2-11(3-5-13)10(18)12(6-8(14)15)7-9(16)17/h2-7H2,1H3,(H,14,15)(H,16,17). The molecule has 0 bridgehead atoms. The number of piperazine rings is 1. The molecule has 1 rings (SSSR count). The van der Waals surface area contributed by atoms with E-state index in [9.17, 15) is 22.8 Å². The van der Waals surface area contributed by atoms with Gasteiger partial charge < -0.3 is 20.0 Å². The Morgan fingerprint density at radius 1 is 1.00 bits per heavy atom. The first kappa shape index (κ1) is 17.2. The van der Waals surface area contributed by atoms with Crippen molar-refractivity contribution in [2.75, 3.05) is 45.5 Å². The van der Waals surface area contributed by atoms with E-state index < -0.39 is 41.1 Å². The molecule has 0 spiro atoms. The lowest BCUT2D eigenvalue weighted by Crippen LogP contribution is -2.55. The van der Waals surface area contributed by atoms with E-state index in [4.69, 9.17) is 10.2 Å². The highest BCUT2D eigenvalue weighted by Gasteiger charge is 2.30. The maximum atomic E-state index is 12.1. The summed E-state index contributed by atoms with van der Waals surface area (Å²) in [6.07, 6.45) is 1.06. The van der Waals surface area contributed by atoms with Crippen LogP contribution in [-0.2, 0) is 19.6 Å². The van der Waals surface area contributed by atoms with Gasteiger partial charge in [-0.2, -0.15) is 4.31 Å². The molecule has 1 aliphatic rings. The predicted octanol–water partition coefficient (Wildman–Crippen LogP) is -1.85. The topological polar surface area (TPSA) is 136 Å². The lowest BCUT2D eigenvalue weighted by atomic mass is 10.3. The van der Waals surface area contributed by atoms with Crippen molar-refractivity contribution in [3.8, 4) is 0 Å². The molecular formula is C10H17N3O7S. The van der Waals surface area contributed by atoms with Crippen LogP contribution in [0.4, 0.5) is 4.79 Å². The zero-order chi connectivity index (χ0) is 16.2. The molecule has 21 heavy (non-hydrogen) atoms. The van der Waals surface area contributed by atoms with E-state index in [0.29, 0.717) is 4.90 Å². The number of hydrogen-bond acceptors (Lipinski definition) is 5. The largest absolute Gasteiger partial charge is 0.480 e. The molecule has 1 heterocycles. The van der Waals surface area contributed by atoms with Crippen molar-refractivity contribution in [3.05, 3.63) is 0 Å². The molecule has 2 amide bonds. The van der Waals surface area contributed by atoms with Crippen LogP contribution in [0.25, 0.3) is 0 Å². The summed E-state index contributed by atoms with van der Waals surface area (Å²) in [6.45, 7) is -1.09. The summed E-state index contributed by atoms with van der Waals surface area (Å²) < 4.78 is 23.9. The first-order valence-electron chi connectivity index (χ1n) is 6.04. The monoisotopic (exact) mass is 323 g/mol. The molecule has 0 aromatic heterocycles. The third-order valence-electron chi connectivity index (χ3n) is 2.90. The van der Waals surface area contributed by atoms with E-state index in [0.717, 1.165) is 6.26 Å². The minimum atomic E-state index is -3.34. The minimum Gasteiger partial charge on any atom is -0.480 e. The van der Waals surface area contributed by atoms with Crippen LogP contribution in [0.1, 0.15) is 0 Å². The van der Waals surface area contributed by atoms with Crippen LogP contribution in [0.2, 0.25) is 0 Å². The predicted molar refractivity (Wildman–Crippen MR) is 70.2 cm³/mol. The molecule has 0 atom stereocenters. The summed E-state index contributed by atoms with van der Waals surface area (Å²) >= 11 is 0. The van der Waals surface area contributed by atoms with Crippen LogP contribution in [0.15, 0.2) is 0 Å². The summed E-state index contributed by atoms with van der Waals surface area (Å²) in [7, 11) is -3.34. The molecule has 0 aliphatic carbocycles. The van der Waals surface area contributed by atoms with E-state index >= 15 is 0 Å². The van der Waals surface area contributed by atoms with Gasteiger partial charge in [0.2, 0.25) is 10.0 Å². The highest BCUT2D eigenvalue weighted by atomic mass is 32.2. The lowest BCUT2D eigenvalue weighted by Gasteiger charge is -2.35. The van der Waals surface area contributed by atoms with Crippen molar-refractivity contribution in [2.45, 2.75) is 0 Å². The number of sulfonamides is 1. The summed E-state index contributed by atoms with van der Waals surface area (Å²) in [5.41, 5.74) is 0. The van der Waals surface area contributed by atoms with Crippen molar-refractivity contribution < 1.29 is 33.0 Å². The van der Waals surface area contributed by atoms with Crippen molar-refractivity contribution in [1.82, 2.24) is 14.1 Å². The first-order chi connectivity index (χ1) is 9.61. The molecule has 0 saturated carbocycles. The Balaban J connectivity index is 2.69. The molecule has 0 unspecified atom stereocenters. The van der Waals surface area contributed by atoms with Crippen LogP contribution >= 0.6 is 0 Å². The average Bonchev–Trinajstić information content (AvgIpc) is 2.35. The van der Waals surface area contributed by atoms with Gasteiger partial charge >= 0.3 is 18.0 Å². The summed E-state index contributed by atoms with van der Waals surface area (Å²) in [4.78, 5) is 35.4. The number of amides is 2. The SMILES string of the molecule is CS(=O)(=O)N1CCN(C(=O)N(CC(=O)O)CC(=O)O)CC1. The zero-order valence-electron chi connectivity index (χ0n) is 11.4. The fourth-order valence-electron chi connectivity index (χ4n) is 1.93. The van der Waals surface area contributed by atoms with Gasteiger partial charge in [0.15, 0.2) is 0 Å². The van der Waals surface area contributed by atoms with Gasteiger partial charge in [0.1, 0.15) is 13.1 Å². The van der Waals surface area contributed by atoms with Gasteiger partial charge in [-0.3, -0.25) is 9.59 Å². The number of carbonyl (C=O) groups excluding carboxylic acids is 1. The molecule has 10 nitrogen and oxygen atoms in total. The molecule has 0 aromatic rings. The number of carbonyl (C=O) groups is 3. The summed E-state index contributed by atoms with van der Waals surface area (Å²) in [5, 5.41) is 17.4. The van der Waals surface area contributed by atoms with Gasteiger partial charge in [0.05, 0.1) is 6.26 Å². The maximum Gasteiger partial charge on any atom is 0.323 e. The summed E-state index contributed by atoms with van der Waals surface area (Å²) in [5.74, 6) is -2.64. The van der Waals surface area contributed by atoms with Crippen molar-refractivity contribution >= 4 is 28.0 Å². The van der Waals surface area contributed by atoms with Crippen LogP contribution in [-0.4, -0.2) is 96.2 Å². The van der Waals surface area contributed by atoms with Crippen molar-refractivity contribution in [3.63, 3.8) is 0 Å². The number of carboxylic acid groups (broad SMARTS) is 2. The van der Waals surface area contributed by atoms with E-state index in [-0.39, 0.29) is 26.2 Å². The molecule has 1 saturated heterocycles. The van der Waals surface area contributed by atoms with Crippen molar-refractivity contribution in [2.24, 2.45) is 0 Å². The van der Waals surface area contributed by atoms with Gasteiger partial charge in [-0.25, -0.2) is 13.2 Å². The van der Waals surface area contributed by atoms with Gasteiger partial charge in [0, 0.05) is 26.2 Å². The number of carboxylic acids is 2. The molecule has 0 aromatic carbocycles. The van der Waals surface area contributed by atoms with Crippen molar-refractivity contribution in [1.29, 1.82) is 0 Å². The number of aliphatic carboxylic acids is 2. The third-order valence-corrected chi connectivity index (χ3v) is 4.20. The van der Waals surface area contributed by atoms with E-state index in [1.54, 1.807) is 0 Å². The van der Waals surface area contributed by atoms with Crippen LogP contribution in [0, 0.1) is 0 Å². The van der Waals surface area contributed by atoms with E-state index in [1.807, 2.05) is 0 Å². The Kier molecular flexibility index (Phi) is 5.49. The second-order valence-electron chi connectivity index (χ2n) is 4.58. The first-order valence-corrected chi connectivity index (χ1v) is 7.88. The van der Waals surface area contributed by atoms with Crippen LogP contribution in [0.5, 0.6) is 0 Å².